The van der Waals surface area contributed by atoms with Crippen molar-refractivity contribution < 1.29 is 9.59 Å². The molecule has 1 aromatic rings. The molecule has 1 N–H and O–H groups in total. The average molecular weight is 370 g/mol. The van der Waals surface area contributed by atoms with Crippen LogP contribution in [-0.2, 0) is 0 Å². The Morgan fingerprint density at radius 3 is 2.48 bits per heavy atom. The standard InChI is InChI=1S/C22H31N3O2/c1-24-19-15-16(21(26)23-17-9-5-2-3-6-10-17)12-13-18(19)22(27)25-14-8-4-7-11-20(24)25/h12-13,15,17,20H,2-11,14H2,1H3,(H,23,26)/t20-/m1/s1. The Morgan fingerprint density at radius 1 is 1.00 bits per heavy atom. The van der Waals surface area contributed by atoms with E-state index in [0.717, 1.165) is 49.9 Å². The molecular weight excluding hydrogens is 338 g/mol. The van der Waals surface area contributed by atoms with Crippen LogP contribution in [0.1, 0.15) is 84.9 Å². The molecule has 27 heavy (non-hydrogen) atoms. The quantitative estimate of drug-likeness (QED) is 0.804. The first-order valence-electron chi connectivity index (χ1n) is 10.6. The number of hydrogen-bond donors (Lipinski definition) is 1. The van der Waals surface area contributed by atoms with Crippen LogP contribution in [0.5, 0.6) is 0 Å². The maximum Gasteiger partial charge on any atom is 0.257 e. The Kier molecular flexibility index (Phi) is 5.37. The largest absolute Gasteiger partial charge is 0.354 e. The highest BCUT2D eigenvalue weighted by Gasteiger charge is 2.36. The molecule has 0 spiro atoms. The molecule has 3 aliphatic rings. The first-order valence-corrected chi connectivity index (χ1v) is 10.6. The summed E-state index contributed by atoms with van der Waals surface area (Å²) in [6.07, 6.45) is 11.6. The lowest BCUT2D eigenvalue weighted by atomic mass is 10.0. The predicted molar refractivity (Wildman–Crippen MR) is 107 cm³/mol. The molecule has 1 atom stereocenters. The third-order valence-electron chi connectivity index (χ3n) is 6.49. The van der Waals surface area contributed by atoms with E-state index in [4.69, 9.17) is 0 Å². The van der Waals surface area contributed by atoms with Crippen LogP contribution < -0.4 is 10.2 Å². The third-order valence-corrected chi connectivity index (χ3v) is 6.49. The van der Waals surface area contributed by atoms with Gasteiger partial charge in [-0.1, -0.05) is 32.1 Å². The highest BCUT2D eigenvalue weighted by Crippen LogP contribution is 2.34. The van der Waals surface area contributed by atoms with Crippen molar-refractivity contribution in [2.45, 2.75) is 76.4 Å². The highest BCUT2D eigenvalue weighted by molar-refractivity contribution is 6.04. The topological polar surface area (TPSA) is 52.7 Å². The first kappa shape index (κ1) is 18.3. The molecule has 5 heteroatoms. The summed E-state index contributed by atoms with van der Waals surface area (Å²) < 4.78 is 0. The van der Waals surface area contributed by atoms with Gasteiger partial charge >= 0.3 is 0 Å². The predicted octanol–water partition coefficient (Wildman–Crippen LogP) is 3.93. The minimum atomic E-state index is -0.00570. The van der Waals surface area contributed by atoms with Gasteiger partial charge in [-0.25, -0.2) is 0 Å². The van der Waals surface area contributed by atoms with Gasteiger partial charge in [0, 0.05) is 25.2 Å². The summed E-state index contributed by atoms with van der Waals surface area (Å²) >= 11 is 0. The molecule has 146 valence electrons. The van der Waals surface area contributed by atoms with Gasteiger partial charge in [-0.15, -0.1) is 0 Å². The van der Waals surface area contributed by atoms with Crippen molar-refractivity contribution in [2.24, 2.45) is 0 Å². The fraction of sp³-hybridized carbons (Fsp3) is 0.636. The monoisotopic (exact) mass is 369 g/mol. The van der Waals surface area contributed by atoms with E-state index in [9.17, 15) is 9.59 Å². The van der Waals surface area contributed by atoms with Crippen LogP contribution in [0.25, 0.3) is 0 Å². The lowest BCUT2D eigenvalue weighted by molar-refractivity contribution is 0.0661. The van der Waals surface area contributed by atoms with Gasteiger partial charge in [0.2, 0.25) is 0 Å². The van der Waals surface area contributed by atoms with Gasteiger partial charge in [0.05, 0.1) is 11.3 Å². The van der Waals surface area contributed by atoms with Crippen molar-refractivity contribution in [2.75, 3.05) is 18.5 Å². The van der Waals surface area contributed by atoms with E-state index in [-0.39, 0.29) is 24.0 Å². The smallest absolute Gasteiger partial charge is 0.257 e. The normalized spacial score (nSPS) is 23.9. The summed E-state index contributed by atoms with van der Waals surface area (Å²) in [4.78, 5) is 30.0. The molecule has 4 rings (SSSR count). The van der Waals surface area contributed by atoms with Crippen LogP contribution in [-0.4, -0.2) is 42.5 Å². The Bertz CT molecular complexity index is 710. The molecule has 1 saturated heterocycles. The molecule has 0 unspecified atom stereocenters. The number of rotatable bonds is 2. The number of carbonyl (C=O) groups excluding carboxylic acids is 2. The Hall–Kier alpha value is -2.04. The molecule has 0 aromatic heterocycles. The zero-order valence-electron chi connectivity index (χ0n) is 16.4. The molecule has 2 amide bonds. The first-order chi connectivity index (χ1) is 13.1. The van der Waals surface area contributed by atoms with Crippen LogP contribution in [0.2, 0.25) is 0 Å². The van der Waals surface area contributed by atoms with Gasteiger partial charge in [-0.3, -0.25) is 9.59 Å². The summed E-state index contributed by atoms with van der Waals surface area (Å²) in [5, 5.41) is 3.22. The third kappa shape index (κ3) is 3.69. The fourth-order valence-corrected chi connectivity index (χ4v) is 4.88. The van der Waals surface area contributed by atoms with Crippen molar-refractivity contribution in [1.82, 2.24) is 10.2 Å². The molecule has 2 heterocycles. The number of nitrogens with zero attached hydrogens (tertiary/aromatic N) is 2. The van der Waals surface area contributed by atoms with E-state index < -0.39 is 0 Å². The molecule has 0 bridgehead atoms. The zero-order chi connectivity index (χ0) is 18.8. The summed E-state index contributed by atoms with van der Waals surface area (Å²) in [7, 11) is 2.06. The van der Waals surface area contributed by atoms with Crippen LogP contribution in [0.4, 0.5) is 5.69 Å². The van der Waals surface area contributed by atoms with Gasteiger partial charge in [-0.05, 0) is 50.3 Å². The van der Waals surface area contributed by atoms with Gasteiger partial charge in [0.25, 0.3) is 11.8 Å². The fourth-order valence-electron chi connectivity index (χ4n) is 4.88. The van der Waals surface area contributed by atoms with E-state index in [1.54, 1.807) is 0 Å². The molecule has 0 radical (unpaired) electrons. The second kappa shape index (κ2) is 7.91. The number of carbonyl (C=O) groups is 2. The SMILES string of the molecule is CN1c2cc(C(=O)NC3CCCCCC3)ccc2C(=O)N2CCCCC[C@@H]21. The highest BCUT2D eigenvalue weighted by atomic mass is 16.2. The zero-order valence-corrected chi connectivity index (χ0v) is 16.4. The molecule has 5 nitrogen and oxygen atoms in total. The van der Waals surface area contributed by atoms with Crippen LogP contribution in [0.3, 0.4) is 0 Å². The van der Waals surface area contributed by atoms with E-state index in [1.165, 1.54) is 32.1 Å². The summed E-state index contributed by atoms with van der Waals surface area (Å²) in [5.74, 6) is 0.111. The molecule has 2 aliphatic heterocycles. The Morgan fingerprint density at radius 2 is 1.70 bits per heavy atom. The van der Waals surface area contributed by atoms with Gasteiger partial charge in [0.15, 0.2) is 0 Å². The maximum atomic E-state index is 13.0. The summed E-state index contributed by atoms with van der Waals surface area (Å²) in [6, 6.07) is 5.86. The molecule has 1 aliphatic carbocycles. The van der Waals surface area contributed by atoms with Gasteiger partial charge in [0.1, 0.15) is 6.17 Å². The minimum absolute atomic E-state index is 0.00570. The van der Waals surface area contributed by atoms with Crippen LogP contribution in [0.15, 0.2) is 18.2 Å². The molecule has 1 saturated carbocycles. The second-order valence-corrected chi connectivity index (χ2v) is 8.33. The van der Waals surface area contributed by atoms with Crippen molar-refractivity contribution >= 4 is 17.5 Å². The average Bonchev–Trinajstić information content (AvgIpc) is 3.09. The summed E-state index contributed by atoms with van der Waals surface area (Å²) in [5.41, 5.74) is 2.29. The maximum absolute atomic E-state index is 13.0. The van der Waals surface area contributed by atoms with Crippen LogP contribution in [0, 0.1) is 0 Å². The van der Waals surface area contributed by atoms with Crippen LogP contribution >= 0.6 is 0 Å². The van der Waals surface area contributed by atoms with Crippen molar-refractivity contribution in [3.05, 3.63) is 29.3 Å². The lowest BCUT2D eigenvalue weighted by Gasteiger charge is -2.43. The molecule has 1 aromatic carbocycles. The lowest BCUT2D eigenvalue weighted by Crippen LogP contribution is -2.53. The number of nitrogens with one attached hydrogen (secondary N) is 1. The van der Waals surface area contributed by atoms with Crippen molar-refractivity contribution in [1.29, 1.82) is 0 Å². The Balaban J connectivity index is 1.56. The summed E-state index contributed by atoms with van der Waals surface area (Å²) in [6.45, 7) is 0.831. The minimum Gasteiger partial charge on any atom is -0.354 e. The number of amides is 2. The van der Waals surface area contributed by atoms with Gasteiger partial charge in [-0.2, -0.15) is 0 Å². The van der Waals surface area contributed by atoms with E-state index >= 15 is 0 Å². The van der Waals surface area contributed by atoms with E-state index in [0.29, 0.717) is 5.56 Å². The van der Waals surface area contributed by atoms with Crippen molar-refractivity contribution in [3.8, 4) is 0 Å². The van der Waals surface area contributed by atoms with Gasteiger partial charge < -0.3 is 15.1 Å². The van der Waals surface area contributed by atoms with E-state index in [2.05, 4.69) is 17.3 Å². The Labute approximate surface area is 162 Å². The number of benzene rings is 1. The number of hydrogen-bond acceptors (Lipinski definition) is 3. The number of fused-ring (bicyclic) bond motifs is 2. The second-order valence-electron chi connectivity index (χ2n) is 8.33. The molecule has 2 fully saturated rings. The number of anilines is 1. The molecular formula is C22H31N3O2. The van der Waals surface area contributed by atoms with Crippen molar-refractivity contribution in [3.63, 3.8) is 0 Å². The van der Waals surface area contributed by atoms with E-state index in [1.807, 2.05) is 23.1 Å².